The average Bonchev–Trinajstić information content (AvgIpc) is 3.39. The quantitative estimate of drug-likeness (QED) is 0.558. The van der Waals surface area contributed by atoms with Gasteiger partial charge in [0.25, 0.3) is 0 Å². The van der Waals surface area contributed by atoms with Crippen molar-refractivity contribution in [2.24, 2.45) is 5.92 Å². The van der Waals surface area contributed by atoms with Crippen molar-refractivity contribution in [3.63, 3.8) is 0 Å². The van der Waals surface area contributed by atoms with E-state index in [0.29, 0.717) is 48.2 Å². The predicted octanol–water partition coefficient (Wildman–Crippen LogP) is 4.51. The van der Waals surface area contributed by atoms with Crippen LogP contribution in [0.1, 0.15) is 40.9 Å². The van der Waals surface area contributed by atoms with Gasteiger partial charge in [0.1, 0.15) is 11.5 Å². The first-order chi connectivity index (χ1) is 16.0. The number of likely N-dealkylation sites (tertiary alicyclic amines) is 1. The van der Waals surface area contributed by atoms with Crippen molar-refractivity contribution in [3.8, 4) is 11.5 Å². The summed E-state index contributed by atoms with van der Waals surface area (Å²) in [4.78, 5) is 25.7. The number of piperidine rings is 1. The van der Waals surface area contributed by atoms with Crippen molar-refractivity contribution >= 4 is 28.9 Å². The number of ketones is 1. The highest BCUT2D eigenvalue weighted by Crippen LogP contribution is 2.41. The zero-order chi connectivity index (χ0) is 22.9. The normalized spacial score (nSPS) is 17.4. The molecule has 0 atom stereocenters. The van der Waals surface area contributed by atoms with Crippen molar-refractivity contribution in [2.45, 2.75) is 25.7 Å². The molecule has 3 heterocycles. The summed E-state index contributed by atoms with van der Waals surface area (Å²) in [7, 11) is 1.61. The molecule has 0 spiro atoms. The first kappa shape index (κ1) is 21.1. The molecule has 0 aliphatic carbocycles. The van der Waals surface area contributed by atoms with Crippen molar-refractivity contribution < 1.29 is 24.2 Å². The van der Waals surface area contributed by atoms with Crippen molar-refractivity contribution in [3.05, 3.63) is 59.0 Å². The summed E-state index contributed by atoms with van der Waals surface area (Å²) in [6, 6.07) is 11.3. The number of Topliss-reactive ketones (excluding diaryl/α,β-unsaturated/α-hetero) is 1. The minimum absolute atomic E-state index is 0.171. The van der Waals surface area contributed by atoms with Gasteiger partial charge in [0.15, 0.2) is 5.76 Å². The van der Waals surface area contributed by atoms with Gasteiger partial charge in [0.05, 0.1) is 23.9 Å². The molecule has 0 unspecified atom stereocenters. The fourth-order valence-electron chi connectivity index (χ4n) is 4.70. The number of ether oxygens (including phenoxy) is 2. The van der Waals surface area contributed by atoms with Gasteiger partial charge in [-0.15, -0.1) is 0 Å². The first-order valence-corrected chi connectivity index (χ1v) is 11.1. The molecule has 0 bridgehead atoms. The Morgan fingerprint density at radius 3 is 2.82 bits per heavy atom. The van der Waals surface area contributed by atoms with Gasteiger partial charge in [-0.05, 0) is 49.8 Å². The number of hydrogen-bond donors (Lipinski definition) is 2. The highest BCUT2D eigenvalue weighted by Gasteiger charge is 2.32. The van der Waals surface area contributed by atoms with Crippen LogP contribution in [-0.4, -0.2) is 52.3 Å². The number of hydrogen-bond acceptors (Lipinski definition) is 5. The second-order valence-corrected chi connectivity index (χ2v) is 8.47. The highest BCUT2D eigenvalue weighted by atomic mass is 16.5. The number of nitrogens with zero attached hydrogens (tertiary/aromatic N) is 2. The molecule has 1 fully saturated rings. The predicted molar refractivity (Wildman–Crippen MR) is 123 cm³/mol. The largest absolute Gasteiger partial charge is 0.496 e. The SMILES string of the molecule is COc1ccc2c(c1CCC1CCN(C(=O)O)CC1)O/C(=C\c1n[nH]c3ccccc13)C2=O. The fourth-order valence-corrected chi connectivity index (χ4v) is 4.70. The van der Waals surface area contributed by atoms with Gasteiger partial charge in [0, 0.05) is 30.1 Å². The van der Waals surface area contributed by atoms with Crippen LogP contribution in [0.25, 0.3) is 17.0 Å². The third-order valence-corrected chi connectivity index (χ3v) is 6.57. The third kappa shape index (κ3) is 3.92. The van der Waals surface area contributed by atoms with Gasteiger partial charge >= 0.3 is 6.09 Å². The molecular formula is C25H25N3O5. The minimum atomic E-state index is -0.855. The number of methoxy groups -OCH3 is 1. The first-order valence-electron chi connectivity index (χ1n) is 11.1. The molecule has 170 valence electrons. The summed E-state index contributed by atoms with van der Waals surface area (Å²) in [5.41, 5.74) is 2.95. The second kappa shape index (κ2) is 8.61. The molecule has 1 amide bonds. The van der Waals surface area contributed by atoms with E-state index in [4.69, 9.17) is 14.6 Å². The number of fused-ring (bicyclic) bond motifs is 2. The maximum atomic E-state index is 13.1. The summed E-state index contributed by atoms with van der Waals surface area (Å²) in [5, 5.41) is 17.4. The summed E-state index contributed by atoms with van der Waals surface area (Å²) in [6.07, 6.45) is 4.06. The maximum absolute atomic E-state index is 13.1. The lowest BCUT2D eigenvalue weighted by molar-refractivity contribution is 0.101. The van der Waals surface area contributed by atoms with Crippen LogP contribution in [0.4, 0.5) is 4.79 Å². The molecule has 0 saturated carbocycles. The van der Waals surface area contributed by atoms with E-state index in [1.807, 2.05) is 30.3 Å². The van der Waals surface area contributed by atoms with E-state index in [-0.39, 0.29) is 11.5 Å². The summed E-state index contributed by atoms with van der Waals surface area (Å²) in [6.45, 7) is 1.12. The Balaban J connectivity index is 1.38. The number of rotatable bonds is 5. The van der Waals surface area contributed by atoms with Gasteiger partial charge in [-0.25, -0.2) is 4.79 Å². The molecule has 8 nitrogen and oxygen atoms in total. The van der Waals surface area contributed by atoms with E-state index < -0.39 is 6.09 Å². The maximum Gasteiger partial charge on any atom is 0.407 e. The molecule has 2 aliphatic heterocycles. The Labute approximate surface area is 190 Å². The number of carbonyl (C=O) groups excluding carboxylic acids is 1. The molecule has 8 heteroatoms. The Bertz CT molecular complexity index is 1250. The number of H-pyrrole nitrogens is 1. The summed E-state index contributed by atoms with van der Waals surface area (Å²) >= 11 is 0. The van der Waals surface area contributed by atoms with Crippen LogP contribution in [0.15, 0.2) is 42.2 Å². The van der Waals surface area contributed by atoms with Gasteiger partial charge in [-0.3, -0.25) is 9.89 Å². The zero-order valence-corrected chi connectivity index (χ0v) is 18.3. The molecule has 1 aromatic heterocycles. The minimum Gasteiger partial charge on any atom is -0.496 e. The number of allylic oxidation sites excluding steroid dienone is 1. The van der Waals surface area contributed by atoms with Crippen LogP contribution < -0.4 is 9.47 Å². The monoisotopic (exact) mass is 447 g/mol. The number of benzene rings is 2. The van der Waals surface area contributed by atoms with Gasteiger partial charge in [0.2, 0.25) is 5.78 Å². The fraction of sp³-hybridized carbons (Fsp3) is 0.320. The third-order valence-electron chi connectivity index (χ3n) is 6.57. The van der Waals surface area contributed by atoms with E-state index in [9.17, 15) is 9.59 Å². The number of para-hydroxylation sites is 1. The number of carboxylic acid groups (broad SMARTS) is 1. The van der Waals surface area contributed by atoms with Crippen molar-refractivity contribution in [2.75, 3.05) is 20.2 Å². The second-order valence-electron chi connectivity index (χ2n) is 8.47. The van der Waals surface area contributed by atoms with Gasteiger partial charge in [-0.1, -0.05) is 18.2 Å². The number of nitrogens with one attached hydrogen (secondary N) is 1. The number of aromatic nitrogens is 2. The standard InChI is InChI=1S/C25H25N3O5/c1-32-21-9-8-18-23(29)22(14-20-16-4-2-3-5-19(16)26-27-20)33-24(18)17(21)7-6-15-10-12-28(13-11-15)25(30)31/h2-5,8-9,14-15H,6-7,10-13H2,1H3,(H,26,27)(H,30,31)/b22-14-. The summed E-state index contributed by atoms with van der Waals surface area (Å²) < 4.78 is 11.7. The summed E-state index contributed by atoms with van der Waals surface area (Å²) in [5.74, 6) is 1.73. The van der Waals surface area contributed by atoms with E-state index in [2.05, 4.69) is 10.2 Å². The van der Waals surface area contributed by atoms with E-state index in [1.165, 1.54) is 4.90 Å². The molecule has 2 aliphatic rings. The average molecular weight is 447 g/mol. The van der Waals surface area contributed by atoms with E-state index in [1.54, 1.807) is 19.3 Å². The molecule has 2 N–H and O–H groups in total. The topological polar surface area (TPSA) is 105 Å². The lowest BCUT2D eigenvalue weighted by Crippen LogP contribution is -2.37. The van der Waals surface area contributed by atoms with Crippen LogP contribution >= 0.6 is 0 Å². The van der Waals surface area contributed by atoms with Crippen LogP contribution in [-0.2, 0) is 6.42 Å². The van der Waals surface area contributed by atoms with Crippen LogP contribution in [0.2, 0.25) is 0 Å². The number of aromatic amines is 1. The molecule has 2 aromatic carbocycles. The molecule has 1 saturated heterocycles. The number of carbonyl (C=O) groups is 2. The molecule has 5 rings (SSSR count). The van der Waals surface area contributed by atoms with E-state index >= 15 is 0 Å². The Hall–Kier alpha value is -3.81. The Morgan fingerprint density at radius 1 is 1.27 bits per heavy atom. The lowest BCUT2D eigenvalue weighted by atomic mass is 9.89. The van der Waals surface area contributed by atoms with Crippen LogP contribution in [0.5, 0.6) is 11.5 Å². The Kier molecular flexibility index (Phi) is 5.50. The molecular weight excluding hydrogens is 422 g/mol. The van der Waals surface area contributed by atoms with Crippen molar-refractivity contribution in [1.29, 1.82) is 0 Å². The zero-order valence-electron chi connectivity index (χ0n) is 18.3. The molecule has 0 radical (unpaired) electrons. The lowest BCUT2D eigenvalue weighted by Gasteiger charge is -2.30. The van der Waals surface area contributed by atoms with Crippen LogP contribution in [0, 0.1) is 5.92 Å². The molecule has 33 heavy (non-hydrogen) atoms. The number of amides is 1. The van der Waals surface area contributed by atoms with Crippen LogP contribution in [0.3, 0.4) is 0 Å². The smallest absolute Gasteiger partial charge is 0.407 e. The van der Waals surface area contributed by atoms with E-state index in [0.717, 1.165) is 35.7 Å². The van der Waals surface area contributed by atoms with Gasteiger partial charge < -0.3 is 19.5 Å². The van der Waals surface area contributed by atoms with Gasteiger partial charge in [-0.2, -0.15) is 5.10 Å². The van der Waals surface area contributed by atoms with Crippen molar-refractivity contribution in [1.82, 2.24) is 15.1 Å². The Morgan fingerprint density at radius 2 is 2.06 bits per heavy atom. The highest BCUT2D eigenvalue weighted by molar-refractivity contribution is 6.15. The molecule has 3 aromatic rings.